The van der Waals surface area contributed by atoms with E-state index >= 15 is 0 Å². The second kappa shape index (κ2) is 11.2. The van der Waals surface area contributed by atoms with Crippen molar-refractivity contribution in [3.8, 4) is 33.4 Å². The van der Waals surface area contributed by atoms with Gasteiger partial charge in [0, 0.05) is 17.1 Å². The van der Waals surface area contributed by atoms with Gasteiger partial charge in [-0.25, -0.2) is 0 Å². The van der Waals surface area contributed by atoms with Crippen molar-refractivity contribution in [1.29, 1.82) is 0 Å². The van der Waals surface area contributed by atoms with Crippen LogP contribution in [0, 0.1) is 13.8 Å². The molecule has 0 atom stereocenters. The monoisotopic (exact) mass is 621 g/mol. The SMILES string of the molecule is Cc1ccccc1N(c1ccc2cc3c(cc2c1)-c1cc2cc(-c4ccc(C(C)(C)C)cc4)ccc2cc1-3)c1cc(C(C)C)ccc1C. The van der Waals surface area contributed by atoms with Gasteiger partial charge in [0.1, 0.15) is 0 Å². The van der Waals surface area contributed by atoms with Crippen LogP contribution in [0.15, 0.2) is 127 Å². The molecule has 0 spiro atoms. The van der Waals surface area contributed by atoms with Crippen LogP contribution in [0.25, 0.3) is 54.9 Å². The smallest absolute Gasteiger partial charge is 0.0493 e. The lowest BCUT2D eigenvalue weighted by atomic mass is 9.77. The predicted molar refractivity (Wildman–Crippen MR) is 208 cm³/mol. The Morgan fingerprint density at radius 1 is 0.479 bits per heavy atom. The maximum atomic E-state index is 2.45. The first-order valence-corrected chi connectivity index (χ1v) is 17.3. The van der Waals surface area contributed by atoms with Crippen LogP contribution in [0.1, 0.15) is 62.8 Å². The second-order valence-corrected chi connectivity index (χ2v) is 15.0. The largest absolute Gasteiger partial charge is 0.310 e. The number of hydrogen-bond donors (Lipinski definition) is 0. The third-order valence-corrected chi connectivity index (χ3v) is 10.4. The lowest BCUT2D eigenvalue weighted by molar-refractivity contribution is 0.590. The fourth-order valence-electron chi connectivity index (χ4n) is 7.34. The molecular weight excluding hydrogens is 579 g/mol. The molecular formula is C47H43N. The van der Waals surface area contributed by atoms with Crippen molar-refractivity contribution in [3.63, 3.8) is 0 Å². The molecule has 0 fully saturated rings. The Hall–Kier alpha value is -5.14. The third kappa shape index (κ3) is 5.10. The lowest BCUT2D eigenvalue weighted by Crippen LogP contribution is -2.13. The summed E-state index contributed by atoms with van der Waals surface area (Å²) in [6, 6.07) is 48.2. The summed E-state index contributed by atoms with van der Waals surface area (Å²) in [5.41, 5.74) is 16.9. The van der Waals surface area contributed by atoms with E-state index in [0.717, 1.165) is 0 Å². The summed E-state index contributed by atoms with van der Waals surface area (Å²) >= 11 is 0. The average Bonchev–Trinajstić information content (AvgIpc) is 3.08. The van der Waals surface area contributed by atoms with Crippen LogP contribution >= 0.6 is 0 Å². The van der Waals surface area contributed by atoms with E-state index in [0.29, 0.717) is 5.92 Å². The third-order valence-electron chi connectivity index (χ3n) is 10.4. The highest BCUT2D eigenvalue weighted by Gasteiger charge is 2.25. The highest BCUT2D eigenvalue weighted by Crippen LogP contribution is 2.51. The Bertz CT molecular complexity index is 2370. The molecule has 236 valence electrons. The first-order valence-electron chi connectivity index (χ1n) is 17.3. The van der Waals surface area contributed by atoms with Gasteiger partial charge >= 0.3 is 0 Å². The van der Waals surface area contributed by atoms with Gasteiger partial charge in [-0.05, 0) is 157 Å². The summed E-state index contributed by atoms with van der Waals surface area (Å²) < 4.78 is 0. The molecule has 48 heavy (non-hydrogen) atoms. The number of rotatable bonds is 5. The quantitative estimate of drug-likeness (QED) is 0.185. The van der Waals surface area contributed by atoms with E-state index in [9.17, 15) is 0 Å². The van der Waals surface area contributed by atoms with Crippen LogP contribution in [0.2, 0.25) is 0 Å². The van der Waals surface area contributed by atoms with Gasteiger partial charge in [0.2, 0.25) is 0 Å². The van der Waals surface area contributed by atoms with E-state index in [1.54, 1.807) is 0 Å². The molecule has 1 nitrogen and oxygen atoms in total. The first kappa shape index (κ1) is 30.2. The Morgan fingerprint density at radius 3 is 1.67 bits per heavy atom. The van der Waals surface area contributed by atoms with Gasteiger partial charge in [0.25, 0.3) is 0 Å². The molecule has 7 aromatic rings. The Morgan fingerprint density at radius 2 is 1.04 bits per heavy atom. The summed E-state index contributed by atoms with van der Waals surface area (Å²) in [6.07, 6.45) is 0. The van der Waals surface area contributed by atoms with Gasteiger partial charge in [-0.1, -0.05) is 107 Å². The van der Waals surface area contributed by atoms with Gasteiger partial charge in [0.15, 0.2) is 0 Å². The second-order valence-electron chi connectivity index (χ2n) is 15.0. The van der Waals surface area contributed by atoms with Crippen LogP contribution in [-0.4, -0.2) is 0 Å². The number of fused-ring (bicyclic) bond motifs is 6. The van der Waals surface area contributed by atoms with E-state index in [1.807, 2.05) is 0 Å². The van der Waals surface area contributed by atoms with Crippen molar-refractivity contribution in [2.24, 2.45) is 0 Å². The highest BCUT2D eigenvalue weighted by molar-refractivity contribution is 6.12. The lowest BCUT2D eigenvalue weighted by Gasteiger charge is -2.30. The minimum atomic E-state index is 0.152. The molecule has 1 heteroatoms. The summed E-state index contributed by atoms with van der Waals surface area (Å²) in [4.78, 5) is 2.45. The minimum absolute atomic E-state index is 0.152. The molecule has 0 unspecified atom stereocenters. The summed E-state index contributed by atoms with van der Waals surface area (Å²) in [5.74, 6) is 0.458. The van der Waals surface area contributed by atoms with Crippen LogP contribution in [0.3, 0.4) is 0 Å². The molecule has 0 saturated carbocycles. The normalized spacial score (nSPS) is 12.2. The molecule has 8 rings (SSSR count). The summed E-state index contributed by atoms with van der Waals surface area (Å²) in [6.45, 7) is 15.8. The summed E-state index contributed by atoms with van der Waals surface area (Å²) in [7, 11) is 0. The number of hydrogen-bond acceptors (Lipinski definition) is 1. The number of nitrogens with zero attached hydrogens (tertiary/aromatic N) is 1. The van der Waals surface area contributed by atoms with E-state index in [-0.39, 0.29) is 5.41 Å². The Balaban J connectivity index is 1.21. The maximum Gasteiger partial charge on any atom is 0.0493 e. The number of aryl methyl sites for hydroxylation is 2. The van der Waals surface area contributed by atoms with E-state index in [2.05, 4.69) is 181 Å². The maximum absolute atomic E-state index is 2.45. The zero-order valence-corrected chi connectivity index (χ0v) is 29.1. The fourth-order valence-corrected chi connectivity index (χ4v) is 7.34. The van der Waals surface area contributed by atoms with Crippen LogP contribution in [0.5, 0.6) is 0 Å². The number of benzene rings is 7. The van der Waals surface area contributed by atoms with E-state index < -0.39 is 0 Å². The van der Waals surface area contributed by atoms with E-state index in [1.165, 1.54) is 94.2 Å². The first-order chi connectivity index (χ1) is 23.0. The molecule has 0 N–H and O–H groups in total. The average molecular weight is 622 g/mol. The molecule has 0 aromatic heterocycles. The molecule has 0 bridgehead atoms. The highest BCUT2D eigenvalue weighted by atomic mass is 15.1. The summed E-state index contributed by atoms with van der Waals surface area (Å²) in [5, 5.41) is 5.12. The molecule has 0 radical (unpaired) electrons. The molecule has 7 aromatic carbocycles. The fraction of sp³-hybridized carbons (Fsp3) is 0.191. The van der Waals surface area contributed by atoms with Gasteiger partial charge in [0.05, 0.1) is 0 Å². The van der Waals surface area contributed by atoms with Crippen LogP contribution in [-0.2, 0) is 5.41 Å². The molecule has 1 aliphatic carbocycles. The molecule has 0 heterocycles. The zero-order valence-electron chi connectivity index (χ0n) is 29.1. The van der Waals surface area contributed by atoms with Gasteiger partial charge < -0.3 is 4.90 Å². The Labute approximate surface area is 285 Å². The number of anilines is 3. The van der Waals surface area contributed by atoms with Crippen LogP contribution < -0.4 is 4.90 Å². The van der Waals surface area contributed by atoms with Gasteiger partial charge in [-0.15, -0.1) is 0 Å². The predicted octanol–water partition coefficient (Wildman–Crippen LogP) is 13.8. The van der Waals surface area contributed by atoms with E-state index in [4.69, 9.17) is 0 Å². The van der Waals surface area contributed by atoms with Gasteiger partial charge in [-0.3, -0.25) is 0 Å². The topological polar surface area (TPSA) is 3.24 Å². The standard InChI is InChI=1S/C47H43N/c1-29(2)33-13-12-31(4)46(28-33)48(45-11-9-8-10-30(45)3)40-21-18-36-25-42-41-24-35-15-14-34(32-16-19-39(20-17-32)47(5,6)7)22-37(35)26-43(41)44(42)27-38(36)23-40/h8-29H,1-7H3. The van der Waals surface area contributed by atoms with Crippen molar-refractivity contribution in [3.05, 3.63) is 150 Å². The Kier molecular flexibility index (Phi) is 7.07. The number of para-hydroxylation sites is 1. The molecule has 1 aliphatic rings. The zero-order chi connectivity index (χ0) is 33.3. The van der Waals surface area contributed by atoms with Crippen molar-refractivity contribution in [2.45, 2.75) is 59.8 Å². The van der Waals surface area contributed by atoms with Crippen molar-refractivity contribution < 1.29 is 0 Å². The van der Waals surface area contributed by atoms with Crippen molar-refractivity contribution in [2.75, 3.05) is 4.90 Å². The van der Waals surface area contributed by atoms with Crippen LogP contribution in [0.4, 0.5) is 17.1 Å². The molecule has 0 saturated heterocycles. The van der Waals surface area contributed by atoms with Gasteiger partial charge in [-0.2, -0.15) is 0 Å². The molecule has 0 amide bonds. The minimum Gasteiger partial charge on any atom is -0.310 e. The molecule has 0 aliphatic heterocycles. The van der Waals surface area contributed by atoms with Crippen molar-refractivity contribution >= 4 is 38.6 Å². The van der Waals surface area contributed by atoms with Crippen molar-refractivity contribution in [1.82, 2.24) is 0 Å².